The number of benzene rings is 2. The molecular weight excluding hydrogens is 695 g/mol. The Kier molecular flexibility index (Phi) is 16.6. The Labute approximate surface area is 338 Å². The van der Waals surface area contributed by atoms with Gasteiger partial charge >= 0.3 is 0 Å². The van der Waals surface area contributed by atoms with Crippen molar-refractivity contribution in [3.05, 3.63) is 89.2 Å². The van der Waals surface area contributed by atoms with Crippen molar-refractivity contribution in [2.45, 2.75) is 103 Å². The number of pyridine rings is 1. The normalized spacial score (nSPS) is 23.3. The number of para-hydroxylation sites is 1. The van der Waals surface area contributed by atoms with Crippen LogP contribution in [0.25, 0.3) is 11.6 Å². The van der Waals surface area contributed by atoms with Gasteiger partial charge in [0.25, 0.3) is 0 Å². The van der Waals surface area contributed by atoms with Crippen molar-refractivity contribution < 1.29 is 14.3 Å². The number of methoxy groups -OCH3 is 1. The molecule has 4 atom stereocenters. The first-order chi connectivity index (χ1) is 26.9. The van der Waals surface area contributed by atoms with E-state index in [1.165, 1.54) is 67.0 Å². The van der Waals surface area contributed by atoms with E-state index in [0.29, 0.717) is 11.8 Å². The smallest absolute Gasteiger partial charge is 0.231 e. The molecule has 2 aromatic carbocycles. The molecule has 7 rings (SSSR count). The summed E-state index contributed by atoms with van der Waals surface area (Å²) in [5.74, 6) is 4.25. The highest BCUT2D eigenvalue weighted by atomic mass is 16.5. The van der Waals surface area contributed by atoms with Crippen LogP contribution in [0.15, 0.2) is 66.9 Å². The highest BCUT2D eigenvalue weighted by Gasteiger charge is 2.64. The van der Waals surface area contributed by atoms with E-state index in [9.17, 15) is 9.59 Å². The summed E-state index contributed by atoms with van der Waals surface area (Å²) >= 11 is 0. The molecule has 56 heavy (non-hydrogen) atoms. The molecule has 2 saturated carbocycles. The molecule has 4 aliphatic rings. The van der Waals surface area contributed by atoms with Gasteiger partial charge in [0.2, 0.25) is 11.8 Å². The van der Waals surface area contributed by atoms with Crippen LogP contribution in [0, 0.1) is 23.7 Å². The Morgan fingerprint density at radius 1 is 1.04 bits per heavy atom. The van der Waals surface area contributed by atoms with Crippen LogP contribution in [0.2, 0.25) is 0 Å². The van der Waals surface area contributed by atoms with Gasteiger partial charge in [0.15, 0.2) is 0 Å². The summed E-state index contributed by atoms with van der Waals surface area (Å²) in [4.78, 5) is 35.5. The number of ether oxygens (including phenoxy) is 1. The molecule has 3 heterocycles. The molecule has 1 aromatic heterocycles. The van der Waals surface area contributed by atoms with Gasteiger partial charge in [-0.05, 0) is 119 Å². The molecule has 2 amide bonds. The molecular formula is C48H67N5O3. The average Bonchev–Trinajstić information content (AvgIpc) is 3.83. The van der Waals surface area contributed by atoms with Gasteiger partial charge in [0.05, 0.1) is 12.5 Å². The quantitative estimate of drug-likeness (QED) is 0.254. The van der Waals surface area contributed by atoms with Gasteiger partial charge in [-0.3, -0.25) is 14.6 Å². The predicted molar refractivity (Wildman–Crippen MR) is 233 cm³/mol. The van der Waals surface area contributed by atoms with Crippen LogP contribution in [0.4, 0.5) is 5.69 Å². The number of terminal acetylenes is 1. The van der Waals surface area contributed by atoms with Crippen LogP contribution in [-0.4, -0.2) is 87.1 Å². The number of aryl methyl sites for hydroxylation is 1. The molecule has 8 nitrogen and oxygen atoms in total. The molecule has 1 saturated heterocycles. The number of hydrogen-bond donors (Lipinski definition) is 1. The number of likely N-dealkylation sites (N-methyl/N-ethyl adjacent to an activating group) is 1. The van der Waals surface area contributed by atoms with E-state index in [2.05, 4.69) is 121 Å². The average molecular weight is 762 g/mol. The number of rotatable bonds is 6. The first-order valence-corrected chi connectivity index (χ1v) is 20.6. The molecule has 0 bridgehead atoms. The lowest BCUT2D eigenvalue weighted by Gasteiger charge is -2.37. The molecule has 4 unspecified atom stereocenters. The SMILES string of the molecule is C#CC.CCc1ccccn1.CNC(C)=O.COc1ccc2c(c1)C1CC1(C(=O)N1C(C)CCC1CN(C)C)CN(C)c1ccccc1/C(C1CCCCC1)=C/2. The second kappa shape index (κ2) is 21.1. The van der Waals surface area contributed by atoms with Crippen LogP contribution in [0.3, 0.4) is 0 Å². The second-order valence-corrected chi connectivity index (χ2v) is 16.0. The molecule has 3 fully saturated rings. The van der Waals surface area contributed by atoms with Crippen molar-refractivity contribution in [1.82, 2.24) is 20.1 Å². The minimum absolute atomic E-state index is 0.00463. The summed E-state index contributed by atoms with van der Waals surface area (Å²) in [6.07, 6.45) is 19.4. The Morgan fingerprint density at radius 3 is 2.30 bits per heavy atom. The highest BCUT2D eigenvalue weighted by Crippen LogP contribution is 2.63. The molecule has 8 heteroatoms. The van der Waals surface area contributed by atoms with E-state index >= 15 is 0 Å². The topological polar surface area (TPSA) is 78.0 Å². The lowest BCUT2D eigenvalue weighted by Crippen LogP contribution is -2.50. The number of aromatic nitrogens is 1. The van der Waals surface area contributed by atoms with Crippen LogP contribution in [0.1, 0.15) is 107 Å². The fraction of sp³-hybridized carbons (Fsp3) is 0.521. The number of carbonyl (C=O) groups excluding carboxylic acids is 2. The Bertz CT molecular complexity index is 1790. The Hall–Kier alpha value is -4.61. The van der Waals surface area contributed by atoms with Gasteiger partial charge in [-0.25, -0.2) is 0 Å². The first-order valence-electron chi connectivity index (χ1n) is 20.6. The molecule has 302 valence electrons. The highest BCUT2D eigenvalue weighted by molar-refractivity contribution is 5.93. The summed E-state index contributed by atoms with van der Waals surface area (Å²) < 4.78 is 5.73. The van der Waals surface area contributed by atoms with Crippen molar-refractivity contribution >= 4 is 29.2 Å². The maximum Gasteiger partial charge on any atom is 0.231 e. The van der Waals surface area contributed by atoms with Crippen LogP contribution >= 0.6 is 0 Å². The van der Waals surface area contributed by atoms with Gasteiger partial charge in [0, 0.05) is 75.3 Å². The third-order valence-electron chi connectivity index (χ3n) is 11.7. The summed E-state index contributed by atoms with van der Waals surface area (Å²) in [6, 6.07) is 22.0. The van der Waals surface area contributed by atoms with E-state index in [1.807, 2.05) is 24.4 Å². The fourth-order valence-corrected chi connectivity index (χ4v) is 8.76. The predicted octanol–water partition coefficient (Wildman–Crippen LogP) is 8.72. The number of fused-ring (bicyclic) bond motifs is 4. The lowest BCUT2D eigenvalue weighted by atomic mass is 9.78. The van der Waals surface area contributed by atoms with Crippen LogP contribution < -0.4 is 15.0 Å². The summed E-state index contributed by atoms with van der Waals surface area (Å²) in [5.41, 5.74) is 7.33. The van der Waals surface area contributed by atoms with Gasteiger partial charge in [-0.1, -0.05) is 62.6 Å². The molecule has 2 aliphatic carbocycles. The van der Waals surface area contributed by atoms with Gasteiger partial charge < -0.3 is 24.8 Å². The maximum absolute atomic E-state index is 14.8. The minimum atomic E-state index is -0.428. The number of likely N-dealkylation sites (tertiary alicyclic amines) is 1. The number of allylic oxidation sites excluding steroid dienone is 1. The van der Waals surface area contributed by atoms with Crippen LogP contribution in [-0.2, 0) is 16.0 Å². The zero-order valence-corrected chi connectivity index (χ0v) is 35.6. The molecule has 1 N–H and O–H groups in total. The maximum atomic E-state index is 14.8. The van der Waals surface area contributed by atoms with Gasteiger partial charge in [-0.15, -0.1) is 12.3 Å². The molecule has 0 radical (unpaired) electrons. The van der Waals surface area contributed by atoms with Crippen molar-refractivity contribution in [3.63, 3.8) is 0 Å². The van der Waals surface area contributed by atoms with Crippen molar-refractivity contribution in [3.8, 4) is 18.1 Å². The molecule has 3 aromatic rings. The van der Waals surface area contributed by atoms with E-state index in [4.69, 9.17) is 4.74 Å². The Morgan fingerprint density at radius 2 is 1.71 bits per heavy atom. The Balaban J connectivity index is 0.000000365. The minimum Gasteiger partial charge on any atom is -0.497 e. The van der Waals surface area contributed by atoms with E-state index in [1.54, 1.807) is 21.1 Å². The standard InChI is InChI=1S/C35H47N3O2.C7H9N.C3H7NO.C3H4/c1-24-15-17-27(22-36(2)3)38(24)34(39)35-21-32(35)31-20-28(40-5)18-16-26(31)19-30(25-11-7-6-8-12-25)29-13-9-10-14-33(29)37(4)23-35;1-2-7-5-3-4-6-8-7;1-3(5)4-2;1-3-2/h9-10,13-14,16,18-20,24-25,27,32H,6-8,11-12,15,17,21-23H2,1-5H3;3-6H,2H2,1H3;1-2H3,(H,4,5);1H,2H3/b30-19+;;;. The van der Waals surface area contributed by atoms with E-state index in [0.717, 1.165) is 50.2 Å². The number of nitrogens with zero attached hydrogens (tertiary/aromatic N) is 4. The van der Waals surface area contributed by atoms with E-state index < -0.39 is 5.41 Å². The van der Waals surface area contributed by atoms with Gasteiger partial charge in [-0.2, -0.15) is 0 Å². The number of hydrogen-bond acceptors (Lipinski definition) is 6. The summed E-state index contributed by atoms with van der Waals surface area (Å²) in [5, 5.41) is 2.39. The monoisotopic (exact) mass is 762 g/mol. The zero-order chi connectivity index (χ0) is 40.8. The van der Waals surface area contributed by atoms with Crippen molar-refractivity contribution in [2.24, 2.45) is 11.3 Å². The van der Waals surface area contributed by atoms with Crippen molar-refractivity contribution in [2.75, 3.05) is 53.3 Å². The zero-order valence-electron chi connectivity index (χ0n) is 35.6. The third kappa shape index (κ3) is 11.0. The van der Waals surface area contributed by atoms with Crippen molar-refractivity contribution in [1.29, 1.82) is 0 Å². The second-order valence-electron chi connectivity index (χ2n) is 16.0. The number of carbonyl (C=O) groups is 2. The van der Waals surface area contributed by atoms with E-state index in [-0.39, 0.29) is 23.9 Å². The number of anilines is 1. The molecule has 0 spiro atoms. The summed E-state index contributed by atoms with van der Waals surface area (Å²) in [6.45, 7) is 9.13. The largest absolute Gasteiger partial charge is 0.497 e. The van der Waals surface area contributed by atoms with Gasteiger partial charge in [0.1, 0.15) is 5.75 Å². The summed E-state index contributed by atoms with van der Waals surface area (Å²) in [7, 11) is 9.80. The van der Waals surface area contributed by atoms with Crippen LogP contribution in [0.5, 0.6) is 5.75 Å². The molecule has 2 aliphatic heterocycles. The fourth-order valence-electron chi connectivity index (χ4n) is 8.76. The number of amides is 2. The third-order valence-corrected chi connectivity index (χ3v) is 11.7. The lowest BCUT2D eigenvalue weighted by molar-refractivity contribution is -0.140. The number of nitrogens with one attached hydrogen (secondary N) is 1. The first kappa shape index (κ1) is 44.1.